The van der Waals surface area contributed by atoms with Gasteiger partial charge in [0.1, 0.15) is 44.0 Å². The second-order valence-electron chi connectivity index (χ2n) is 10.8. The minimum absolute atomic E-state index is 0.107. The second-order valence-corrected chi connectivity index (χ2v) is 10.8. The van der Waals surface area contributed by atoms with Crippen molar-refractivity contribution >= 4 is 5.97 Å². The number of aliphatic hydroxyl groups is 1. The van der Waals surface area contributed by atoms with Crippen molar-refractivity contribution in [2.24, 2.45) is 0 Å². The zero-order valence-electron chi connectivity index (χ0n) is 25.2. The molecule has 1 aliphatic heterocycles. The van der Waals surface area contributed by atoms with Gasteiger partial charge in [-0.15, -0.1) is 0 Å². The highest BCUT2D eigenvalue weighted by Crippen LogP contribution is 2.36. The van der Waals surface area contributed by atoms with Crippen molar-refractivity contribution in [1.29, 1.82) is 5.26 Å². The van der Waals surface area contributed by atoms with Crippen molar-refractivity contribution in [1.82, 2.24) is 10.3 Å². The van der Waals surface area contributed by atoms with Crippen LogP contribution in [0.25, 0.3) is 11.1 Å². The molecule has 4 aromatic rings. The number of nitrogens with one attached hydrogen (secondary N) is 1. The van der Waals surface area contributed by atoms with Gasteiger partial charge in [0.05, 0.1) is 18.1 Å². The summed E-state index contributed by atoms with van der Waals surface area (Å²) in [6.07, 6.45) is 1.77. The van der Waals surface area contributed by atoms with Crippen LogP contribution in [0.3, 0.4) is 0 Å². The molecule has 0 unspecified atom stereocenters. The summed E-state index contributed by atoms with van der Waals surface area (Å²) in [7, 11) is 0. The number of aryl methyl sites for hydroxylation is 1. The van der Waals surface area contributed by atoms with Gasteiger partial charge in [0.2, 0.25) is 0 Å². The standard InChI is InChI=1S/C35H35N3O7/c1-22-10-28(18-38-19-29(39)13-35(40)41)33(44-20-25-11-24(15-36)16-37-17-25)14-32(22)45-21-27-4-3-5-30(23(27)2)26-6-7-31-34(12-26)43-9-8-42-31/h3-7,10-12,14,16-17,29,38-39H,8-9,13,18-21H2,1-2H3,(H,40,41)/t29-/m0/s1. The fourth-order valence-electron chi connectivity index (χ4n) is 5.11. The van der Waals surface area contributed by atoms with Crippen molar-refractivity contribution < 1.29 is 34.0 Å². The van der Waals surface area contributed by atoms with Gasteiger partial charge >= 0.3 is 5.97 Å². The van der Waals surface area contributed by atoms with Gasteiger partial charge in [-0.1, -0.05) is 24.3 Å². The Balaban J connectivity index is 1.34. The molecule has 3 N–H and O–H groups in total. The van der Waals surface area contributed by atoms with Gasteiger partial charge in [0, 0.05) is 42.7 Å². The minimum atomic E-state index is -1.06. The third-order valence-corrected chi connectivity index (χ3v) is 7.46. The number of nitrogens with zero attached hydrogens (tertiary/aromatic N) is 2. The molecule has 10 heteroatoms. The van der Waals surface area contributed by atoms with Gasteiger partial charge in [-0.2, -0.15) is 5.26 Å². The maximum atomic E-state index is 10.9. The minimum Gasteiger partial charge on any atom is -0.488 e. The number of fused-ring (bicyclic) bond motifs is 1. The van der Waals surface area contributed by atoms with E-state index in [1.165, 1.54) is 6.20 Å². The lowest BCUT2D eigenvalue weighted by atomic mass is 9.96. The van der Waals surface area contributed by atoms with Crippen molar-refractivity contribution in [3.8, 4) is 40.2 Å². The number of carboxylic acid groups (broad SMARTS) is 1. The quantitative estimate of drug-likeness (QED) is 0.188. The number of carboxylic acids is 1. The van der Waals surface area contributed by atoms with E-state index >= 15 is 0 Å². The van der Waals surface area contributed by atoms with Crippen LogP contribution in [0.15, 0.2) is 67.0 Å². The number of pyridine rings is 1. The highest BCUT2D eigenvalue weighted by molar-refractivity contribution is 5.71. The fourth-order valence-corrected chi connectivity index (χ4v) is 5.11. The fraction of sp³-hybridized carbons (Fsp3) is 0.286. The highest BCUT2D eigenvalue weighted by Gasteiger charge is 2.16. The molecule has 3 aromatic carbocycles. The first-order valence-electron chi connectivity index (χ1n) is 14.6. The third kappa shape index (κ3) is 8.09. The molecule has 1 atom stereocenters. The summed E-state index contributed by atoms with van der Waals surface area (Å²) in [4.78, 5) is 15.0. The van der Waals surface area contributed by atoms with Gasteiger partial charge in [-0.3, -0.25) is 9.78 Å². The molecular formula is C35H35N3O7. The molecule has 0 fully saturated rings. The van der Waals surface area contributed by atoms with Crippen LogP contribution in [0.5, 0.6) is 23.0 Å². The SMILES string of the molecule is Cc1cc(CNC[C@@H](O)CC(=O)O)c(OCc2cncc(C#N)c2)cc1OCc1cccc(-c2ccc3c(c2)OCCO3)c1C. The van der Waals surface area contributed by atoms with Gasteiger partial charge < -0.3 is 34.5 Å². The molecule has 0 saturated heterocycles. The maximum Gasteiger partial charge on any atom is 0.306 e. The van der Waals surface area contributed by atoms with E-state index in [0.717, 1.165) is 50.4 Å². The molecule has 1 aliphatic rings. The molecule has 0 saturated carbocycles. The Morgan fingerprint density at radius 2 is 1.80 bits per heavy atom. The number of hydrogen-bond donors (Lipinski definition) is 3. The van der Waals surface area contributed by atoms with Crippen LogP contribution in [-0.2, 0) is 24.6 Å². The summed E-state index contributed by atoms with van der Waals surface area (Å²) in [5, 5.41) is 31.3. The van der Waals surface area contributed by atoms with Crippen LogP contribution in [0.1, 0.15) is 39.8 Å². The molecule has 0 radical (unpaired) electrons. The van der Waals surface area contributed by atoms with Gasteiger partial charge in [-0.05, 0) is 65.9 Å². The lowest BCUT2D eigenvalue weighted by molar-refractivity contribution is -0.139. The average molecular weight is 610 g/mol. The molecular weight excluding hydrogens is 574 g/mol. The predicted molar refractivity (Wildman–Crippen MR) is 166 cm³/mol. The molecule has 232 valence electrons. The predicted octanol–water partition coefficient (Wildman–Crippen LogP) is 5.09. The van der Waals surface area contributed by atoms with Crippen molar-refractivity contribution in [2.75, 3.05) is 19.8 Å². The Labute approximate surface area is 261 Å². The first kappa shape index (κ1) is 31.3. The van der Waals surface area contributed by atoms with Gasteiger partial charge in [0.25, 0.3) is 0 Å². The van der Waals surface area contributed by atoms with E-state index in [2.05, 4.69) is 29.4 Å². The Bertz CT molecular complexity index is 1720. The summed E-state index contributed by atoms with van der Waals surface area (Å²) in [5.74, 6) is 1.63. The Kier molecular flexibility index (Phi) is 10.1. The van der Waals surface area contributed by atoms with Crippen LogP contribution >= 0.6 is 0 Å². The van der Waals surface area contributed by atoms with Gasteiger partial charge in [0.15, 0.2) is 11.5 Å². The van der Waals surface area contributed by atoms with Gasteiger partial charge in [-0.25, -0.2) is 0 Å². The van der Waals surface area contributed by atoms with Crippen LogP contribution in [0.2, 0.25) is 0 Å². The molecule has 0 spiro atoms. The smallest absolute Gasteiger partial charge is 0.306 e. The monoisotopic (exact) mass is 609 g/mol. The molecule has 10 nitrogen and oxygen atoms in total. The second kappa shape index (κ2) is 14.6. The third-order valence-electron chi connectivity index (χ3n) is 7.46. The van der Waals surface area contributed by atoms with Crippen molar-refractivity contribution in [3.63, 3.8) is 0 Å². The van der Waals surface area contributed by atoms with E-state index in [9.17, 15) is 15.2 Å². The Morgan fingerprint density at radius 3 is 2.60 bits per heavy atom. The first-order valence-corrected chi connectivity index (χ1v) is 14.6. The normalized spacial score (nSPS) is 12.7. The maximum absolute atomic E-state index is 10.9. The van der Waals surface area contributed by atoms with Crippen LogP contribution in [0.4, 0.5) is 0 Å². The summed E-state index contributed by atoms with van der Waals surface area (Å²) >= 11 is 0. The Morgan fingerprint density at radius 1 is 1.00 bits per heavy atom. The highest BCUT2D eigenvalue weighted by atomic mass is 16.6. The van der Waals surface area contributed by atoms with E-state index in [4.69, 9.17) is 24.1 Å². The van der Waals surface area contributed by atoms with E-state index in [1.807, 2.05) is 49.4 Å². The first-order chi connectivity index (χ1) is 21.8. The van der Waals surface area contributed by atoms with E-state index in [1.54, 1.807) is 12.3 Å². The van der Waals surface area contributed by atoms with Crippen LogP contribution in [-0.4, -0.2) is 47.0 Å². The van der Waals surface area contributed by atoms with Crippen LogP contribution in [0, 0.1) is 25.2 Å². The van der Waals surface area contributed by atoms with Crippen LogP contribution < -0.4 is 24.3 Å². The topological polar surface area (TPSA) is 143 Å². The lowest BCUT2D eigenvalue weighted by Crippen LogP contribution is -2.28. The molecule has 0 amide bonds. The molecule has 1 aromatic heterocycles. The summed E-state index contributed by atoms with van der Waals surface area (Å²) in [5.41, 5.74) is 7.10. The Hall–Kier alpha value is -5.11. The van der Waals surface area contributed by atoms with E-state index in [-0.39, 0.29) is 19.6 Å². The molecule has 5 rings (SSSR count). The van der Waals surface area contributed by atoms with E-state index in [0.29, 0.717) is 43.4 Å². The molecule has 0 bridgehead atoms. The number of aliphatic hydroxyl groups excluding tert-OH is 1. The zero-order chi connectivity index (χ0) is 31.8. The number of carbonyl (C=O) groups is 1. The number of rotatable bonds is 13. The summed E-state index contributed by atoms with van der Waals surface area (Å²) in [6, 6.07) is 19.7. The molecule has 45 heavy (non-hydrogen) atoms. The summed E-state index contributed by atoms with van der Waals surface area (Å²) < 4.78 is 24.0. The lowest BCUT2D eigenvalue weighted by Gasteiger charge is -2.20. The van der Waals surface area contributed by atoms with Crippen molar-refractivity contribution in [2.45, 2.75) is 46.1 Å². The number of aromatic nitrogens is 1. The largest absolute Gasteiger partial charge is 0.488 e. The van der Waals surface area contributed by atoms with Crippen molar-refractivity contribution in [3.05, 3.63) is 100 Å². The number of aliphatic carboxylic acids is 1. The summed E-state index contributed by atoms with van der Waals surface area (Å²) in [6.45, 7) is 6.04. The number of benzene rings is 3. The number of nitriles is 1. The molecule has 2 heterocycles. The number of hydrogen-bond acceptors (Lipinski definition) is 9. The zero-order valence-corrected chi connectivity index (χ0v) is 25.2. The van der Waals surface area contributed by atoms with E-state index < -0.39 is 12.1 Å². The average Bonchev–Trinajstić information content (AvgIpc) is 3.04. The number of ether oxygens (including phenoxy) is 4. The molecule has 0 aliphatic carbocycles.